The number of aryl methyl sites for hydroxylation is 1. The van der Waals surface area contributed by atoms with Crippen LogP contribution >= 0.6 is 0 Å². The maximum atomic E-state index is 12.6. The number of nitrogens with zero attached hydrogens (tertiary/aromatic N) is 3. The van der Waals surface area contributed by atoms with Gasteiger partial charge >= 0.3 is 0 Å². The van der Waals surface area contributed by atoms with Gasteiger partial charge in [-0.15, -0.1) is 0 Å². The number of ether oxygens (including phenoxy) is 5. The monoisotopic (exact) mass is 548 g/mol. The van der Waals surface area contributed by atoms with Gasteiger partial charge in [0.15, 0.2) is 23.0 Å². The normalized spacial score (nSPS) is 16.4. The number of piperidine rings is 1. The Morgan fingerprint density at radius 1 is 1.00 bits per heavy atom. The lowest BCUT2D eigenvalue weighted by atomic mass is 9.97. The lowest BCUT2D eigenvalue weighted by Gasteiger charge is -2.32. The molecule has 10 nitrogen and oxygen atoms in total. The van der Waals surface area contributed by atoms with Gasteiger partial charge in [0.05, 0.1) is 21.3 Å². The van der Waals surface area contributed by atoms with Crippen LogP contribution in [-0.4, -0.2) is 68.5 Å². The molecule has 10 heteroatoms. The van der Waals surface area contributed by atoms with E-state index in [1.165, 1.54) is 5.56 Å². The molecule has 1 aromatic heterocycles. The standard InChI is InChI=1S/C30H36N4O6/c1-36-26-12-22(13-27(37-2)30(26)38-3)23-15-31-28(32-16-23)8-9-29(35)33-14-21-5-4-10-34(18-21)17-20-6-7-24-25(11-20)40-19-39-24/h6-7,11-13,15-16,21H,4-5,8-10,14,17-19H2,1-3H3,(H,33,35). The summed E-state index contributed by atoms with van der Waals surface area (Å²) in [6.07, 6.45) is 6.55. The summed E-state index contributed by atoms with van der Waals surface area (Å²) in [6.45, 7) is 3.85. The number of likely N-dealkylation sites (tertiary alicyclic amines) is 1. The number of carbonyl (C=O) groups is 1. The smallest absolute Gasteiger partial charge is 0.231 e. The van der Waals surface area contributed by atoms with E-state index in [0.29, 0.717) is 48.4 Å². The zero-order chi connectivity index (χ0) is 27.9. The molecule has 0 radical (unpaired) electrons. The minimum absolute atomic E-state index is 0.0187. The van der Waals surface area contributed by atoms with Crippen LogP contribution in [0.3, 0.4) is 0 Å². The maximum Gasteiger partial charge on any atom is 0.231 e. The van der Waals surface area contributed by atoms with Gasteiger partial charge in [-0.2, -0.15) is 0 Å². The lowest BCUT2D eigenvalue weighted by molar-refractivity contribution is -0.121. The summed E-state index contributed by atoms with van der Waals surface area (Å²) >= 11 is 0. The van der Waals surface area contributed by atoms with Crippen molar-refractivity contribution in [3.8, 4) is 39.9 Å². The molecule has 1 amide bonds. The molecule has 2 aliphatic rings. The van der Waals surface area contributed by atoms with Gasteiger partial charge in [0.2, 0.25) is 18.4 Å². The fourth-order valence-electron chi connectivity index (χ4n) is 5.21. The zero-order valence-electron chi connectivity index (χ0n) is 23.3. The van der Waals surface area contributed by atoms with Gasteiger partial charge in [0.25, 0.3) is 0 Å². The van der Waals surface area contributed by atoms with Crippen LogP contribution in [0.15, 0.2) is 42.7 Å². The van der Waals surface area contributed by atoms with Crippen LogP contribution < -0.4 is 29.0 Å². The Morgan fingerprint density at radius 3 is 2.48 bits per heavy atom. The van der Waals surface area contributed by atoms with Gasteiger partial charge in [-0.1, -0.05) is 6.07 Å². The minimum Gasteiger partial charge on any atom is -0.493 e. The molecule has 1 atom stereocenters. The van der Waals surface area contributed by atoms with E-state index in [0.717, 1.165) is 55.1 Å². The quantitative estimate of drug-likeness (QED) is 0.383. The fourth-order valence-corrected chi connectivity index (χ4v) is 5.21. The van der Waals surface area contributed by atoms with Crippen LogP contribution in [0.1, 0.15) is 30.7 Å². The van der Waals surface area contributed by atoms with E-state index >= 15 is 0 Å². The molecule has 0 bridgehead atoms. The van der Waals surface area contributed by atoms with Crippen LogP contribution in [0.4, 0.5) is 0 Å². The molecule has 2 aromatic carbocycles. The van der Waals surface area contributed by atoms with E-state index in [4.69, 9.17) is 23.7 Å². The number of aromatic nitrogens is 2. The van der Waals surface area contributed by atoms with E-state index in [1.807, 2.05) is 18.2 Å². The van der Waals surface area contributed by atoms with E-state index in [2.05, 4.69) is 32.3 Å². The number of amides is 1. The van der Waals surface area contributed by atoms with E-state index in [-0.39, 0.29) is 12.7 Å². The summed E-state index contributed by atoms with van der Waals surface area (Å²) < 4.78 is 27.2. The van der Waals surface area contributed by atoms with Crippen molar-refractivity contribution in [2.45, 2.75) is 32.2 Å². The topological polar surface area (TPSA) is 104 Å². The summed E-state index contributed by atoms with van der Waals surface area (Å²) in [7, 11) is 4.73. The number of nitrogens with one attached hydrogen (secondary N) is 1. The average molecular weight is 549 g/mol. The molecule has 212 valence electrons. The van der Waals surface area contributed by atoms with Crippen molar-refractivity contribution in [2.24, 2.45) is 5.92 Å². The molecule has 3 aromatic rings. The number of hydrogen-bond donors (Lipinski definition) is 1. The second kappa shape index (κ2) is 12.9. The first-order valence-corrected chi connectivity index (χ1v) is 13.5. The van der Waals surface area contributed by atoms with Crippen molar-refractivity contribution in [3.63, 3.8) is 0 Å². The third-order valence-corrected chi connectivity index (χ3v) is 7.31. The molecular formula is C30H36N4O6. The molecule has 40 heavy (non-hydrogen) atoms. The number of benzene rings is 2. The molecule has 0 spiro atoms. The average Bonchev–Trinajstić information content (AvgIpc) is 3.46. The van der Waals surface area contributed by atoms with Gasteiger partial charge in [-0.3, -0.25) is 9.69 Å². The van der Waals surface area contributed by atoms with Crippen molar-refractivity contribution in [3.05, 3.63) is 54.1 Å². The Labute approximate surface area is 234 Å². The summed E-state index contributed by atoms with van der Waals surface area (Å²) in [6, 6.07) is 9.85. The number of rotatable bonds is 11. The Bertz CT molecular complexity index is 1290. The maximum absolute atomic E-state index is 12.6. The van der Waals surface area contributed by atoms with Crippen LogP contribution in [-0.2, 0) is 17.8 Å². The molecule has 0 saturated carbocycles. The summed E-state index contributed by atoms with van der Waals surface area (Å²) in [5, 5.41) is 3.12. The Morgan fingerprint density at radius 2 is 1.75 bits per heavy atom. The number of fused-ring (bicyclic) bond motifs is 1. The molecular weight excluding hydrogens is 512 g/mol. The van der Waals surface area contributed by atoms with Crippen LogP contribution in [0, 0.1) is 5.92 Å². The minimum atomic E-state index is 0.0187. The SMILES string of the molecule is COc1cc(-c2cnc(CCC(=O)NCC3CCCN(Cc4ccc5c(c4)OCO5)C3)nc2)cc(OC)c1OC. The van der Waals surface area contributed by atoms with Gasteiger partial charge in [0, 0.05) is 50.4 Å². The van der Waals surface area contributed by atoms with E-state index < -0.39 is 0 Å². The molecule has 1 N–H and O–H groups in total. The second-order valence-electron chi connectivity index (χ2n) is 10.0. The van der Waals surface area contributed by atoms with Crippen LogP contribution in [0.2, 0.25) is 0 Å². The molecule has 5 rings (SSSR count). The lowest BCUT2D eigenvalue weighted by Crippen LogP contribution is -2.40. The van der Waals surface area contributed by atoms with Crippen LogP contribution in [0.25, 0.3) is 11.1 Å². The number of carbonyl (C=O) groups excluding carboxylic acids is 1. The molecule has 3 heterocycles. The van der Waals surface area contributed by atoms with Gasteiger partial charge in [0.1, 0.15) is 5.82 Å². The molecule has 1 saturated heterocycles. The fraction of sp³-hybridized carbons (Fsp3) is 0.433. The molecule has 2 aliphatic heterocycles. The summed E-state index contributed by atoms with van der Waals surface area (Å²) in [5.74, 6) is 4.35. The highest BCUT2D eigenvalue weighted by molar-refractivity contribution is 5.76. The third-order valence-electron chi connectivity index (χ3n) is 7.31. The Kier molecular flexibility index (Phi) is 8.85. The third kappa shape index (κ3) is 6.56. The predicted octanol–water partition coefficient (Wildman–Crippen LogP) is 3.86. The highest BCUT2D eigenvalue weighted by Crippen LogP contribution is 2.41. The second-order valence-corrected chi connectivity index (χ2v) is 10.0. The van der Waals surface area contributed by atoms with E-state index in [1.54, 1.807) is 33.7 Å². The molecule has 1 unspecified atom stereocenters. The van der Waals surface area contributed by atoms with Crippen LogP contribution in [0.5, 0.6) is 28.7 Å². The largest absolute Gasteiger partial charge is 0.493 e. The van der Waals surface area contributed by atoms with Gasteiger partial charge in [-0.05, 0) is 60.7 Å². The van der Waals surface area contributed by atoms with Gasteiger partial charge < -0.3 is 29.0 Å². The van der Waals surface area contributed by atoms with Crippen molar-refractivity contribution >= 4 is 5.91 Å². The molecule has 0 aliphatic carbocycles. The Balaban J connectivity index is 1.08. The first kappa shape index (κ1) is 27.5. The highest BCUT2D eigenvalue weighted by Gasteiger charge is 2.22. The summed E-state index contributed by atoms with van der Waals surface area (Å²) in [5.41, 5.74) is 2.87. The van der Waals surface area contributed by atoms with Crippen molar-refractivity contribution in [1.82, 2.24) is 20.2 Å². The van der Waals surface area contributed by atoms with Crippen molar-refractivity contribution < 1.29 is 28.5 Å². The van der Waals surface area contributed by atoms with Gasteiger partial charge in [-0.25, -0.2) is 9.97 Å². The first-order chi connectivity index (χ1) is 19.6. The summed E-state index contributed by atoms with van der Waals surface area (Å²) in [4.78, 5) is 24.0. The van der Waals surface area contributed by atoms with E-state index in [9.17, 15) is 4.79 Å². The first-order valence-electron chi connectivity index (χ1n) is 13.5. The predicted molar refractivity (Wildman–Crippen MR) is 149 cm³/mol. The van der Waals surface area contributed by atoms with Crippen molar-refractivity contribution in [2.75, 3.05) is 47.8 Å². The molecule has 1 fully saturated rings. The zero-order valence-corrected chi connectivity index (χ0v) is 23.3. The number of hydrogen-bond acceptors (Lipinski definition) is 9. The number of methoxy groups -OCH3 is 3. The van der Waals surface area contributed by atoms with Crippen molar-refractivity contribution in [1.29, 1.82) is 0 Å². The highest BCUT2D eigenvalue weighted by atomic mass is 16.7. The Hall–Kier alpha value is -4.05.